The highest BCUT2D eigenvalue weighted by molar-refractivity contribution is 5.38. The van der Waals surface area contributed by atoms with Gasteiger partial charge in [0.2, 0.25) is 0 Å². The van der Waals surface area contributed by atoms with Crippen molar-refractivity contribution in [3.63, 3.8) is 0 Å². The Morgan fingerprint density at radius 1 is 1.59 bits per heavy atom. The van der Waals surface area contributed by atoms with Gasteiger partial charge in [0.25, 0.3) is 0 Å². The summed E-state index contributed by atoms with van der Waals surface area (Å²) in [5.74, 6) is 0.118. The van der Waals surface area contributed by atoms with Crippen molar-refractivity contribution in [2.75, 3.05) is 12.1 Å². The fourth-order valence-electron chi connectivity index (χ4n) is 1.61. The van der Waals surface area contributed by atoms with Gasteiger partial charge in [-0.25, -0.2) is 4.79 Å². The van der Waals surface area contributed by atoms with Crippen molar-refractivity contribution in [3.05, 3.63) is 34.4 Å². The van der Waals surface area contributed by atoms with Gasteiger partial charge in [0.1, 0.15) is 6.10 Å². The van der Waals surface area contributed by atoms with Crippen molar-refractivity contribution in [2.45, 2.75) is 19.3 Å². The molecule has 2 rings (SSSR count). The topological polar surface area (TPSA) is 96.6 Å². The Morgan fingerprint density at radius 3 is 2.94 bits per heavy atom. The zero-order valence-electron chi connectivity index (χ0n) is 9.20. The third-order valence-electron chi connectivity index (χ3n) is 2.50. The lowest BCUT2D eigenvalue weighted by atomic mass is 10.3. The molecule has 17 heavy (non-hydrogen) atoms. The molecule has 1 aliphatic heterocycles. The highest BCUT2D eigenvalue weighted by Gasteiger charge is 2.21. The van der Waals surface area contributed by atoms with E-state index in [2.05, 4.69) is 4.98 Å². The summed E-state index contributed by atoms with van der Waals surface area (Å²) in [4.78, 5) is 15.3. The molecule has 0 radical (unpaired) electrons. The van der Waals surface area contributed by atoms with E-state index in [0.29, 0.717) is 5.56 Å². The maximum atomic E-state index is 11.7. The molecule has 2 heterocycles. The molecule has 7 heteroatoms. The van der Waals surface area contributed by atoms with Crippen LogP contribution in [0.15, 0.2) is 23.1 Å². The number of aliphatic hydroxyl groups excluding tert-OH is 1. The number of nitrogens with zero attached hydrogens (tertiary/aromatic N) is 2. The summed E-state index contributed by atoms with van der Waals surface area (Å²) in [6.45, 7) is 1.56. The van der Waals surface area contributed by atoms with E-state index in [4.69, 9.17) is 15.1 Å². The van der Waals surface area contributed by atoms with Crippen molar-refractivity contribution >= 4 is 5.82 Å². The van der Waals surface area contributed by atoms with Crippen LogP contribution in [0.25, 0.3) is 0 Å². The van der Waals surface area contributed by atoms with E-state index in [1.807, 2.05) is 5.48 Å². The van der Waals surface area contributed by atoms with Crippen molar-refractivity contribution in [3.8, 4) is 0 Å². The molecule has 1 aliphatic rings. The molecule has 0 saturated heterocycles. The Hall–Kier alpha value is -1.70. The molecule has 0 amide bonds. The van der Waals surface area contributed by atoms with Gasteiger partial charge in [-0.3, -0.25) is 15.3 Å². The molecular weight excluding hydrogens is 226 g/mol. The molecule has 7 nitrogen and oxygen atoms in total. The third kappa shape index (κ3) is 2.21. The molecule has 0 spiro atoms. The lowest BCUT2D eigenvalue weighted by Gasteiger charge is -2.15. The fourth-order valence-corrected chi connectivity index (χ4v) is 1.61. The molecule has 0 saturated carbocycles. The summed E-state index contributed by atoms with van der Waals surface area (Å²) in [6.07, 6.45) is 3.92. The smallest absolute Gasteiger partial charge is 0.351 e. The largest absolute Gasteiger partial charge is 0.393 e. The highest BCUT2D eigenvalue weighted by atomic mass is 16.5. The van der Waals surface area contributed by atoms with Gasteiger partial charge in [0.05, 0.1) is 6.61 Å². The number of aliphatic hydroxyl groups is 1. The van der Waals surface area contributed by atoms with Crippen LogP contribution in [0, 0.1) is 6.92 Å². The van der Waals surface area contributed by atoms with Crippen molar-refractivity contribution in [1.82, 2.24) is 9.55 Å². The molecule has 92 valence electrons. The third-order valence-corrected chi connectivity index (χ3v) is 2.50. The minimum atomic E-state index is -0.571. The lowest BCUT2D eigenvalue weighted by molar-refractivity contribution is -0.0103. The first kappa shape index (κ1) is 11.8. The number of ether oxygens (including phenoxy) is 1. The maximum Gasteiger partial charge on any atom is 0.351 e. The number of hydrogen-bond acceptors (Lipinski definition) is 6. The average molecular weight is 239 g/mol. The summed E-state index contributed by atoms with van der Waals surface area (Å²) in [6, 6.07) is 0. The predicted molar refractivity (Wildman–Crippen MR) is 58.8 cm³/mol. The van der Waals surface area contributed by atoms with E-state index in [-0.39, 0.29) is 12.4 Å². The van der Waals surface area contributed by atoms with Crippen LogP contribution in [0.5, 0.6) is 0 Å². The van der Waals surface area contributed by atoms with Crippen molar-refractivity contribution < 1.29 is 15.1 Å². The van der Waals surface area contributed by atoms with Gasteiger partial charge in [-0.2, -0.15) is 4.98 Å². The van der Waals surface area contributed by atoms with Crippen molar-refractivity contribution in [1.29, 1.82) is 0 Å². The number of hydrogen-bond donors (Lipinski definition) is 3. The van der Waals surface area contributed by atoms with E-state index < -0.39 is 18.0 Å². The van der Waals surface area contributed by atoms with Gasteiger partial charge in [-0.1, -0.05) is 6.08 Å². The van der Waals surface area contributed by atoms with Gasteiger partial charge in [-0.15, -0.1) is 0 Å². The van der Waals surface area contributed by atoms with Gasteiger partial charge >= 0.3 is 5.69 Å². The van der Waals surface area contributed by atoms with E-state index in [0.717, 1.165) is 0 Å². The highest BCUT2D eigenvalue weighted by Crippen LogP contribution is 2.20. The van der Waals surface area contributed by atoms with E-state index >= 15 is 0 Å². The Bertz CT molecular complexity index is 497. The number of aryl methyl sites for hydroxylation is 1. The predicted octanol–water partition coefficient (Wildman–Crippen LogP) is -0.201. The zero-order valence-corrected chi connectivity index (χ0v) is 9.20. The molecule has 1 aromatic rings. The van der Waals surface area contributed by atoms with Gasteiger partial charge in [0.15, 0.2) is 12.0 Å². The number of rotatable bonds is 3. The molecule has 0 aliphatic carbocycles. The summed E-state index contributed by atoms with van der Waals surface area (Å²) >= 11 is 0. The molecule has 1 aromatic heterocycles. The number of aromatic nitrogens is 2. The molecule has 0 aromatic carbocycles. The Morgan fingerprint density at radius 2 is 2.35 bits per heavy atom. The number of anilines is 1. The van der Waals surface area contributed by atoms with Crippen LogP contribution in [0.1, 0.15) is 11.8 Å². The first-order chi connectivity index (χ1) is 8.15. The second kappa shape index (κ2) is 4.66. The first-order valence-electron chi connectivity index (χ1n) is 5.10. The maximum absolute atomic E-state index is 11.7. The molecule has 3 N–H and O–H groups in total. The van der Waals surface area contributed by atoms with Gasteiger partial charge < -0.3 is 9.84 Å². The normalized spacial score (nSPS) is 23.0. The summed E-state index contributed by atoms with van der Waals surface area (Å²) in [7, 11) is 0. The van der Waals surface area contributed by atoms with Crippen LogP contribution in [0.3, 0.4) is 0 Å². The first-order valence-corrected chi connectivity index (χ1v) is 5.10. The van der Waals surface area contributed by atoms with E-state index in [1.54, 1.807) is 19.1 Å². The Labute approximate surface area is 96.9 Å². The van der Waals surface area contributed by atoms with Crippen LogP contribution in [0.4, 0.5) is 5.82 Å². The summed E-state index contributed by atoms with van der Waals surface area (Å²) < 4.78 is 6.68. The van der Waals surface area contributed by atoms with Crippen LogP contribution in [0.2, 0.25) is 0 Å². The fraction of sp³-hybridized carbons (Fsp3) is 0.400. The van der Waals surface area contributed by atoms with Crippen LogP contribution in [-0.4, -0.2) is 32.6 Å². The standard InChI is InChI=1S/C10H13N3O4/c1-6-4-13(10(15)11-9(6)12-16)8-3-2-7(5-14)17-8/h2-4,7-8,14,16H,5H2,1H3,(H,11,12,15)/t7-,8+/m0/s1. The monoisotopic (exact) mass is 239 g/mol. The minimum absolute atomic E-state index is 0.118. The van der Waals surface area contributed by atoms with E-state index in [9.17, 15) is 4.79 Å². The molecule has 2 atom stereocenters. The molecule has 0 bridgehead atoms. The molecule has 0 unspecified atom stereocenters. The molecular formula is C10H13N3O4. The van der Waals surface area contributed by atoms with Crippen LogP contribution in [-0.2, 0) is 4.74 Å². The summed E-state index contributed by atoms with van der Waals surface area (Å²) in [5.41, 5.74) is 1.92. The van der Waals surface area contributed by atoms with Crippen LogP contribution >= 0.6 is 0 Å². The van der Waals surface area contributed by atoms with Crippen LogP contribution < -0.4 is 11.2 Å². The van der Waals surface area contributed by atoms with Crippen molar-refractivity contribution in [2.24, 2.45) is 0 Å². The lowest BCUT2D eigenvalue weighted by Crippen LogP contribution is -2.28. The average Bonchev–Trinajstić information content (AvgIpc) is 2.80. The SMILES string of the molecule is Cc1cn([C@H]2C=C[C@@H](CO)O2)c(=O)nc1NO. The van der Waals surface area contributed by atoms with Gasteiger partial charge in [-0.05, 0) is 13.0 Å². The Kier molecular flexibility index (Phi) is 3.23. The second-order valence-electron chi connectivity index (χ2n) is 3.71. The van der Waals surface area contributed by atoms with Gasteiger partial charge in [0, 0.05) is 11.8 Å². The van der Waals surface area contributed by atoms with E-state index in [1.165, 1.54) is 10.8 Å². The Balaban J connectivity index is 2.32. The quantitative estimate of drug-likeness (QED) is 0.499. The number of nitrogens with one attached hydrogen (secondary N) is 1. The minimum Gasteiger partial charge on any atom is -0.393 e. The zero-order chi connectivity index (χ0) is 12.4. The molecule has 0 fully saturated rings. The summed E-state index contributed by atoms with van der Waals surface area (Å²) in [5, 5.41) is 17.7. The second-order valence-corrected chi connectivity index (χ2v) is 3.71.